The van der Waals surface area contributed by atoms with Crippen LogP contribution in [0.2, 0.25) is 0 Å². The highest BCUT2D eigenvalue weighted by molar-refractivity contribution is 7.18. The zero-order valence-corrected chi connectivity index (χ0v) is 12.9. The Labute approximate surface area is 130 Å². The molecule has 0 aliphatic carbocycles. The van der Waals surface area contributed by atoms with Crippen molar-refractivity contribution < 1.29 is 0 Å². The van der Waals surface area contributed by atoms with Crippen LogP contribution in [0.4, 0.5) is 0 Å². The van der Waals surface area contributed by atoms with Crippen molar-refractivity contribution in [2.75, 3.05) is 0 Å². The van der Waals surface area contributed by atoms with Gasteiger partial charge in [0.2, 0.25) is 0 Å². The van der Waals surface area contributed by atoms with Crippen molar-refractivity contribution in [3.8, 4) is 21.8 Å². The molecule has 0 spiro atoms. The maximum absolute atomic E-state index is 4.72. The molecule has 0 amide bonds. The van der Waals surface area contributed by atoms with Gasteiger partial charge < -0.3 is 0 Å². The Kier molecular flexibility index (Phi) is 3.02. The largest absolute Gasteiger partial charge is 0.265 e. The smallest absolute Gasteiger partial charge is 0.161 e. The average molecular weight is 309 g/mol. The van der Waals surface area contributed by atoms with Gasteiger partial charge in [0, 0.05) is 39.2 Å². The Morgan fingerprint density at radius 3 is 2.62 bits per heavy atom. The second-order valence-electron chi connectivity index (χ2n) is 4.68. The Morgan fingerprint density at radius 1 is 1.00 bits per heavy atom. The SMILES string of the molecule is Cc1nc(-c2ccncc2)nc2scc(-c3cccs3)c12. The van der Waals surface area contributed by atoms with Crippen molar-refractivity contribution in [3.63, 3.8) is 0 Å². The summed E-state index contributed by atoms with van der Waals surface area (Å²) in [4.78, 5) is 15.8. The molecule has 4 aromatic heterocycles. The molecule has 0 atom stereocenters. The molecule has 0 aromatic carbocycles. The summed E-state index contributed by atoms with van der Waals surface area (Å²) in [5, 5.41) is 5.44. The molecule has 3 nitrogen and oxygen atoms in total. The Morgan fingerprint density at radius 2 is 1.86 bits per heavy atom. The number of rotatable bonds is 2. The van der Waals surface area contributed by atoms with Crippen molar-refractivity contribution in [2.45, 2.75) is 6.92 Å². The maximum Gasteiger partial charge on any atom is 0.161 e. The van der Waals surface area contributed by atoms with Gasteiger partial charge in [-0.2, -0.15) is 0 Å². The van der Waals surface area contributed by atoms with Gasteiger partial charge in [0.1, 0.15) is 4.83 Å². The zero-order chi connectivity index (χ0) is 14.2. The van der Waals surface area contributed by atoms with E-state index in [4.69, 9.17) is 4.98 Å². The van der Waals surface area contributed by atoms with Crippen molar-refractivity contribution in [3.05, 3.63) is 53.1 Å². The van der Waals surface area contributed by atoms with Gasteiger partial charge in [0.25, 0.3) is 0 Å². The Balaban J connectivity index is 1.93. The first-order valence-corrected chi connectivity index (χ1v) is 8.29. The molecular formula is C16H11N3S2. The van der Waals surface area contributed by atoms with Crippen molar-refractivity contribution >= 4 is 32.9 Å². The van der Waals surface area contributed by atoms with Crippen LogP contribution in [0.1, 0.15) is 5.69 Å². The van der Waals surface area contributed by atoms with E-state index < -0.39 is 0 Å². The third kappa shape index (κ3) is 2.14. The number of hydrogen-bond donors (Lipinski definition) is 0. The van der Waals surface area contributed by atoms with Crippen LogP contribution in [-0.2, 0) is 0 Å². The predicted molar refractivity (Wildman–Crippen MR) is 88.7 cm³/mol. The van der Waals surface area contributed by atoms with E-state index >= 15 is 0 Å². The van der Waals surface area contributed by atoms with E-state index in [0.29, 0.717) is 0 Å². The van der Waals surface area contributed by atoms with Crippen LogP contribution in [0.25, 0.3) is 32.0 Å². The highest BCUT2D eigenvalue weighted by atomic mass is 32.1. The normalized spacial score (nSPS) is 11.1. The number of fused-ring (bicyclic) bond motifs is 1. The topological polar surface area (TPSA) is 38.7 Å². The third-order valence-electron chi connectivity index (χ3n) is 3.34. The molecule has 21 heavy (non-hydrogen) atoms. The number of nitrogens with zero attached hydrogens (tertiary/aromatic N) is 3. The molecule has 0 fully saturated rings. The van der Waals surface area contributed by atoms with Gasteiger partial charge >= 0.3 is 0 Å². The molecule has 0 N–H and O–H groups in total. The maximum atomic E-state index is 4.72. The number of thiophene rings is 2. The summed E-state index contributed by atoms with van der Waals surface area (Å²) in [5.74, 6) is 0.766. The fraction of sp³-hybridized carbons (Fsp3) is 0.0625. The number of hydrogen-bond acceptors (Lipinski definition) is 5. The van der Waals surface area contributed by atoms with E-state index in [-0.39, 0.29) is 0 Å². The lowest BCUT2D eigenvalue weighted by Crippen LogP contribution is -1.92. The van der Waals surface area contributed by atoms with Crippen molar-refractivity contribution in [1.82, 2.24) is 15.0 Å². The molecule has 5 heteroatoms. The lowest BCUT2D eigenvalue weighted by molar-refractivity contribution is 1.16. The monoisotopic (exact) mass is 309 g/mol. The molecule has 0 saturated heterocycles. The molecule has 102 valence electrons. The first kappa shape index (κ1) is 12.6. The predicted octanol–water partition coefficient (Wildman–Crippen LogP) is 4.79. The lowest BCUT2D eigenvalue weighted by atomic mass is 10.1. The van der Waals surface area contributed by atoms with Crippen LogP contribution in [-0.4, -0.2) is 15.0 Å². The van der Waals surface area contributed by atoms with Crippen LogP contribution >= 0.6 is 22.7 Å². The Hall–Kier alpha value is -2.11. The molecule has 4 aromatic rings. The summed E-state index contributed by atoms with van der Waals surface area (Å²) in [7, 11) is 0. The van der Waals surface area contributed by atoms with E-state index in [1.807, 2.05) is 12.1 Å². The standard InChI is InChI=1S/C16H11N3S2/c1-10-14-12(13-3-2-8-20-13)9-21-16(14)19-15(18-10)11-4-6-17-7-5-11/h2-9H,1H3. The second kappa shape index (κ2) is 5.02. The van der Waals surface area contributed by atoms with E-state index in [0.717, 1.165) is 21.9 Å². The lowest BCUT2D eigenvalue weighted by Gasteiger charge is -2.04. The summed E-state index contributed by atoms with van der Waals surface area (Å²) >= 11 is 3.42. The summed E-state index contributed by atoms with van der Waals surface area (Å²) in [6, 6.07) is 8.09. The molecule has 0 saturated carbocycles. The first-order valence-electron chi connectivity index (χ1n) is 6.53. The van der Waals surface area contributed by atoms with Crippen LogP contribution in [0.3, 0.4) is 0 Å². The molecule has 0 aliphatic rings. The quantitative estimate of drug-likeness (QED) is 0.534. The molecular weight excluding hydrogens is 298 g/mol. The molecule has 4 rings (SSSR count). The molecule has 0 bridgehead atoms. The zero-order valence-electron chi connectivity index (χ0n) is 11.3. The third-order valence-corrected chi connectivity index (χ3v) is 5.11. The molecule has 0 unspecified atom stereocenters. The van der Waals surface area contributed by atoms with E-state index in [2.05, 4.69) is 39.8 Å². The summed E-state index contributed by atoms with van der Waals surface area (Å²) < 4.78 is 0. The minimum Gasteiger partial charge on any atom is -0.265 e. The summed E-state index contributed by atoms with van der Waals surface area (Å²) in [6.07, 6.45) is 3.54. The highest BCUT2D eigenvalue weighted by Crippen LogP contribution is 2.37. The number of aromatic nitrogens is 3. The van der Waals surface area contributed by atoms with Crippen LogP contribution in [0.15, 0.2) is 47.4 Å². The van der Waals surface area contributed by atoms with Gasteiger partial charge in [-0.1, -0.05) is 6.07 Å². The minimum atomic E-state index is 0.766. The molecule has 0 aliphatic heterocycles. The van der Waals surface area contributed by atoms with Gasteiger partial charge in [-0.25, -0.2) is 9.97 Å². The van der Waals surface area contributed by atoms with Gasteiger partial charge in [0.15, 0.2) is 5.82 Å². The summed E-state index contributed by atoms with van der Waals surface area (Å²) in [6.45, 7) is 2.05. The van der Waals surface area contributed by atoms with Gasteiger partial charge in [0.05, 0.1) is 5.69 Å². The van der Waals surface area contributed by atoms with Crippen LogP contribution in [0.5, 0.6) is 0 Å². The van der Waals surface area contributed by atoms with Gasteiger partial charge in [-0.3, -0.25) is 4.98 Å². The van der Waals surface area contributed by atoms with Gasteiger partial charge in [-0.05, 0) is 30.5 Å². The van der Waals surface area contributed by atoms with E-state index in [9.17, 15) is 0 Å². The fourth-order valence-electron chi connectivity index (χ4n) is 2.36. The summed E-state index contributed by atoms with van der Waals surface area (Å²) in [5.41, 5.74) is 3.27. The highest BCUT2D eigenvalue weighted by Gasteiger charge is 2.14. The molecule has 4 heterocycles. The Bertz CT molecular complexity index is 896. The minimum absolute atomic E-state index is 0.766. The fourth-order valence-corrected chi connectivity index (χ4v) is 4.17. The van der Waals surface area contributed by atoms with Crippen LogP contribution in [0, 0.1) is 6.92 Å². The molecule has 0 radical (unpaired) electrons. The van der Waals surface area contributed by atoms with E-state index in [1.54, 1.807) is 35.1 Å². The first-order chi connectivity index (χ1) is 10.3. The number of aryl methyl sites for hydroxylation is 1. The van der Waals surface area contributed by atoms with Crippen molar-refractivity contribution in [2.24, 2.45) is 0 Å². The van der Waals surface area contributed by atoms with E-state index in [1.165, 1.54) is 15.8 Å². The average Bonchev–Trinajstić information content (AvgIpc) is 3.17. The van der Waals surface area contributed by atoms with Crippen molar-refractivity contribution in [1.29, 1.82) is 0 Å². The van der Waals surface area contributed by atoms with Gasteiger partial charge in [-0.15, -0.1) is 22.7 Å². The number of pyridine rings is 1. The van der Waals surface area contributed by atoms with Crippen LogP contribution < -0.4 is 0 Å². The second-order valence-corrected chi connectivity index (χ2v) is 6.48.